The van der Waals surface area contributed by atoms with Crippen LogP contribution in [0.5, 0.6) is 11.5 Å². The van der Waals surface area contributed by atoms with Gasteiger partial charge < -0.3 is 14.4 Å². The van der Waals surface area contributed by atoms with E-state index in [1.165, 1.54) is 77.9 Å². The highest BCUT2D eigenvalue weighted by Crippen LogP contribution is 2.60. The van der Waals surface area contributed by atoms with Gasteiger partial charge in [0.1, 0.15) is 0 Å². The molecule has 13 rings (SSSR count). The van der Waals surface area contributed by atoms with Crippen molar-refractivity contribution in [1.29, 1.82) is 0 Å². The third-order valence-corrected chi connectivity index (χ3v) is 14.2. The Morgan fingerprint density at radius 1 is 0.288 bits per heavy atom. The van der Waals surface area contributed by atoms with Gasteiger partial charge in [0.15, 0.2) is 11.5 Å². The first kappa shape index (κ1) is 38.1. The third kappa shape index (κ3) is 5.56. The molecule has 10 aromatic carbocycles. The monoisotopic (exact) mass is 845 g/mol. The minimum absolute atomic E-state index is 0.203. The lowest BCUT2D eigenvalue weighted by atomic mass is 9.67. The van der Waals surface area contributed by atoms with Crippen molar-refractivity contribution in [3.63, 3.8) is 0 Å². The quantitative estimate of drug-likeness (QED) is 0.152. The van der Waals surface area contributed by atoms with Crippen LogP contribution in [-0.2, 0) is 10.8 Å². The Hall–Kier alpha value is -8.40. The maximum atomic E-state index is 6.07. The number of hydrogen-bond acceptors (Lipinski definition) is 3. The lowest BCUT2D eigenvalue weighted by Gasteiger charge is -2.35. The Morgan fingerprint density at radius 2 is 0.727 bits per heavy atom. The van der Waals surface area contributed by atoms with Crippen molar-refractivity contribution in [1.82, 2.24) is 0 Å². The first-order valence-electron chi connectivity index (χ1n) is 22.7. The number of benzene rings is 10. The largest absolute Gasteiger partial charge is 0.454 e. The number of anilines is 3. The van der Waals surface area contributed by atoms with Gasteiger partial charge in [0.2, 0.25) is 6.79 Å². The van der Waals surface area contributed by atoms with Gasteiger partial charge in [-0.1, -0.05) is 200 Å². The fourth-order valence-corrected chi connectivity index (χ4v) is 11.5. The average molecular weight is 846 g/mol. The van der Waals surface area contributed by atoms with E-state index in [4.69, 9.17) is 9.47 Å². The molecule has 0 aromatic heterocycles. The summed E-state index contributed by atoms with van der Waals surface area (Å²) in [6.45, 7) is 0.203. The number of fused-ring (bicyclic) bond motifs is 7. The zero-order valence-corrected chi connectivity index (χ0v) is 36.1. The van der Waals surface area contributed by atoms with Crippen LogP contribution in [-0.4, -0.2) is 6.79 Å². The van der Waals surface area contributed by atoms with Crippen LogP contribution in [0.4, 0.5) is 17.1 Å². The Kier molecular flexibility index (Phi) is 8.72. The van der Waals surface area contributed by atoms with Crippen molar-refractivity contribution in [2.24, 2.45) is 0 Å². The van der Waals surface area contributed by atoms with E-state index in [9.17, 15) is 0 Å². The molecule has 1 aliphatic heterocycles. The summed E-state index contributed by atoms with van der Waals surface area (Å²) in [5.41, 5.74) is 19.3. The minimum Gasteiger partial charge on any atom is -0.454 e. The first-order chi connectivity index (χ1) is 32.7. The maximum Gasteiger partial charge on any atom is 0.231 e. The van der Waals surface area contributed by atoms with Crippen molar-refractivity contribution in [3.05, 3.63) is 293 Å². The van der Waals surface area contributed by atoms with Gasteiger partial charge in [0.05, 0.1) is 16.5 Å². The summed E-state index contributed by atoms with van der Waals surface area (Å²) in [7, 11) is 0. The topological polar surface area (TPSA) is 21.7 Å². The summed E-state index contributed by atoms with van der Waals surface area (Å²) in [6.07, 6.45) is 0. The Balaban J connectivity index is 1.07. The smallest absolute Gasteiger partial charge is 0.231 e. The lowest BCUT2D eigenvalue weighted by molar-refractivity contribution is 0.174. The standard InChI is InChI=1S/C63H43NO2/c1-6-18-43(19-7-1)44-30-34-53-54-35-31-50(40-59(54)63(58(53)38-44,47-24-12-4-13-25-47)48-26-14-5-15-27-48)64(51-33-37-60-61(41-51)66-42-65-60)49-32-36-57-55(39-49)52-28-16-17-29-56(52)62(57,45-20-8-2-9-21-45)46-22-10-3-11-23-46/h1-41H,42H2. The molecule has 0 unspecified atom stereocenters. The van der Waals surface area contributed by atoms with E-state index in [1.807, 2.05) is 6.07 Å². The van der Waals surface area contributed by atoms with Crippen LogP contribution in [0.3, 0.4) is 0 Å². The van der Waals surface area contributed by atoms with Gasteiger partial charge in [-0.3, -0.25) is 0 Å². The second-order valence-corrected chi connectivity index (χ2v) is 17.5. The van der Waals surface area contributed by atoms with Crippen molar-refractivity contribution >= 4 is 17.1 Å². The van der Waals surface area contributed by atoms with E-state index in [0.717, 1.165) is 28.6 Å². The van der Waals surface area contributed by atoms with Crippen LogP contribution in [0.15, 0.2) is 249 Å². The number of rotatable bonds is 8. The number of nitrogens with zero attached hydrogens (tertiary/aromatic N) is 1. The first-order valence-corrected chi connectivity index (χ1v) is 22.7. The summed E-state index contributed by atoms with van der Waals surface area (Å²) >= 11 is 0. The minimum atomic E-state index is -0.615. The van der Waals surface area contributed by atoms with Crippen molar-refractivity contribution in [2.45, 2.75) is 10.8 Å². The highest BCUT2D eigenvalue weighted by atomic mass is 16.7. The van der Waals surface area contributed by atoms with Gasteiger partial charge in [0.25, 0.3) is 0 Å². The molecular weight excluding hydrogens is 803 g/mol. The van der Waals surface area contributed by atoms with E-state index in [2.05, 4.69) is 248 Å². The molecule has 3 aliphatic rings. The summed E-state index contributed by atoms with van der Waals surface area (Å²) in [5.74, 6) is 1.49. The van der Waals surface area contributed by atoms with Crippen molar-refractivity contribution in [3.8, 4) is 44.9 Å². The summed E-state index contributed by atoms with van der Waals surface area (Å²) < 4.78 is 11.9. The van der Waals surface area contributed by atoms with Crippen LogP contribution in [0, 0.1) is 0 Å². The molecule has 3 nitrogen and oxygen atoms in total. The summed E-state index contributed by atoms with van der Waals surface area (Å²) in [6, 6.07) is 91.4. The van der Waals surface area contributed by atoms with Crippen molar-refractivity contribution < 1.29 is 9.47 Å². The molecule has 1 heterocycles. The zero-order chi connectivity index (χ0) is 43.7. The van der Waals surface area contributed by atoms with Gasteiger partial charge in [-0.2, -0.15) is 0 Å². The maximum absolute atomic E-state index is 6.07. The molecule has 0 saturated heterocycles. The van der Waals surface area contributed by atoms with E-state index in [-0.39, 0.29) is 6.79 Å². The second-order valence-electron chi connectivity index (χ2n) is 17.5. The van der Waals surface area contributed by atoms with Crippen molar-refractivity contribution in [2.75, 3.05) is 11.7 Å². The molecular formula is C63H43NO2. The van der Waals surface area contributed by atoms with Crippen LogP contribution >= 0.6 is 0 Å². The molecule has 2 aliphatic carbocycles. The fraction of sp³-hybridized carbons (Fsp3) is 0.0476. The molecule has 0 amide bonds. The van der Waals surface area contributed by atoms with Gasteiger partial charge >= 0.3 is 0 Å². The molecule has 0 bridgehead atoms. The second kappa shape index (κ2) is 15.1. The molecule has 0 N–H and O–H groups in total. The van der Waals surface area contributed by atoms with E-state index in [1.54, 1.807) is 0 Å². The molecule has 0 saturated carbocycles. The lowest BCUT2D eigenvalue weighted by Crippen LogP contribution is -2.29. The van der Waals surface area contributed by atoms with Gasteiger partial charge in [0, 0.05) is 17.4 Å². The molecule has 0 radical (unpaired) electrons. The van der Waals surface area contributed by atoms with Gasteiger partial charge in [-0.15, -0.1) is 0 Å². The number of ether oxygens (including phenoxy) is 2. The molecule has 66 heavy (non-hydrogen) atoms. The molecule has 0 fully saturated rings. The van der Waals surface area contributed by atoms with E-state index in [0.29, 0.717) is 0 Å². The molecule has 3 heteroatoms. The molecule has 10 aromatic rings. The SMILES string of the molecule is c1ccc(-c2ccc3c(c2)C(c2ccccc2)(c2ccccc2)c2cc(N(c4ccc5c(c4)OCO5)c4ccc5c(c4)-c4ccccc4C5(c4ccccc4)c4ccccc4)ccc2-3)cc1. The van der Waals surface area contributed by atoms with E-state index < -0.39 is 10.8 Å². The van der Waals surface area contributed by atoms with Crippen LogP contribution < -0.4 is 14.4 Å². The third-order valence-electron chi connectivity index (χ3n) is 14.2. The predicted octanol–water partition coefficient (Wildman–Crippen LogP) is 15.3. The van der Waals surface area contributed by atoms with E-state index >= 15 is 0 Å². The highest BCUT2D eigenvalue weighted by Gasteiger charge is 2.48. The summed E-state index contributed by atoms with van der Waals surface area (Å²) in [5, 5.41) is 0. The molecule has 0 atom stereocenters. The summed E-state index contributed by atoms with van der Waals surface area (Å²) in [4.78, 5) is 2.40. The number of hydrogen-bond donors (Lipinski definition) is 0. The zero-order valence-electron chi connectivity index (χ0n) is 36.1. The van der Waals surface area contributed by atoms with Gasteiger partial charge in [-0.05, 0) is 120 Å². The predicted molar refractivity (Wildman–Crippen MR) is 267 cm³/mol. The Bertz CT molecular complexity index is 3360. The average Bonchev–Trinajstić information content (AvgIpc) is 4.07. The molecule has 0 spiro atoms. The van der Waals surface area contributed by atoms with Gasteiger partial charge in [-0.25, -0.2) is 0 Å². The highest BCUT2D eigenvalue weighted by molar-refractivity contribution is 5.93. The van der Waals surface area contributed by atoms with Crippen LogP contribution in [0.2, 0.25) is 0 Å². The van der Waals surface area contributed by atoms with Crippen LogP contribution in [0.25, 0.3) is 33.4 Å². The fourth-order valence-electron chi connectivity index (χ4n) is 11.5. The van der Waals surface area contributed by atoms with Crippen LogP contribution in [0.1, 0.15) is 44.5 Å². The Morgan fingerprint density at radius 3 is 1.36 bits per heavy atom. The Labute approximate surface area is 385 Å². The molecule has 312 valence electrons. The normalized spacial score (nSPS) is 14.2.